The summed E-state index contributed by atoms with van der Waals surface area (Å²) < 4.78 is 1.69. The summed E-state index contributed by atoms with van der Waals surface area (Å²) in [6.45, 7) is 2.08. The minimum atomic E-state index is 0.593. The number of fused-ring (bicyclic) bond motifs is 1. The molecule has 0 fully saturated rings. The number of carbonyl (C=O) groups excluding carboxylic acids is 1. The predicted octanol–water partition coefficient (Wildman–Crippen LogP) is 3.93. The van der Waals surface area contributed by atoms with Gasteiger partial charge in [0.25, 0.3) is 0 Å². The van der Waals surface area contributed by atoms with Crippen LogP contribution >= 0.6 is 22.9 Å². The van der Waals surface area contributed by atoms with Gasteiger partial charge in [-0.1, -0.05) is 30.7 Å². The average Bonchev–Trinajstić information content (AvgIpc) is 2.52. The Morgan fingerprint density at radius 3 is 2.93 bits per heavy atom. The largest absolute Gasteiger partial charge is 0.298 e. The van der Waals surface area contributed by atoms with Crippen LogP contribution in [0.4, 0.5) is 0 Å². The van der Waals surface area contributed by atoms with E-state index in [0.717, 1.165) is 22.8 Å². The second kappa shape index (κ2) is 3.71. The first-order chi connectivity index (χ1) is 6.77. The van der Waals surface area contributed by atoms with E-state index in [4.69, 9.17) is 11.6 Å². The highest BCUT2D eigenvalue weighted by Crippen LogP contribution is 2.36. The number of benzene rings is 1. The highest BCUT2D eigenvalue weighted by Gasteiger charge is 2.11. The predicted molar refractivity (Wildman–Crippen MR) is 61.6 cm³/mol. The lowest BCUT2D eigenvalue weighted by atomic mass is 10.1. The lowest BCUT2D eigenvalue weighted by molar-refractivity contribution is 0.112. The molecule has 1 aromatic heterocycles. The summed E-state index contributed by atoms with van der Waals surface area (Å²) >= 11 is 7.45. The number of rotatable bonds is 2. The maximum absolute atomic E-state index is 10.9. The maximum atomic E-state index is 10.9. The standard InChI is InChI=1S/C11H9ClOS/c1-2-7-4-3-5-9-10(7)8(6-13)11(12)14-9/h3-6H,2H2,1H3. The van der Waals surface area contributed by atoms with Crippen molar-refractivity contribution in [2.45, 2.75) is 13.3 Å². The molecule has 0 spiro atoms. The van der Waals surface area contributed by atoms with Crippen LogP contribution in [0.5, 0.6) is 0 Å². The number of carbonyl (C=O) groups is 1. The molecular weight excluding hydrogens is 216 g/mol. The highest BCUT2D eigenvalue weighted by molar-refractivity contribution is 7.23. The number of aryl methyl sites for hydroxylation is 1. The maximum Gasteiger partial charge on any atom is 0.153 e. The quantitative estimate of drug-likeness (QED) is 0.707. The van der Waals surface area contributed by atoms with Crippen LogP contribution in [0.15, 0.2) is 18.2 Å². The minimum absolute atomic E-state index is 0.593. The van der Waals surface area contributed by atoms with Crippen molar-refractivity contribution in [3.05, 3.63) is 33.7 Å². The highest BCUT2D eigenvalue weighted by atomic mass is 35.5. The van der Waals surface area contributed by atoms with Crippen LogP contribution in [-0.2, 0) is 6.42 Å². The third-order valence-electron chi connectivity index (χ3n) is 2.29. The van der Waals surface area contributed by atoms with Crippen molar-refractivity contribution in [2.75, 3.05) is 0 Å². The van der Waals surface area contributed by atoms with Gasteiger partial charge >= 0.3 is 0 Å². The second-order valence-corrected chi connectivity index (χ2v) is 4.71. The molecule has 0 amide bonds. The minimum Gasteiger partial charge on any atom is -0.298 e. The molecule has 0 saturated carbocycles. The third kappa shape index (κ3) is 1.35. The van der Waals surface area contributed by atoms with Crippen molar-refractivity contribution in [3.63, 3.8) is 0 Å². The average molecular weight is 225 g/mol. The Kier molecular flexibility index (Phi) is 2.57. The molecule has 0 bridgehead atoms. The van der Waals surface area contributed by atoms with Crippen LogP contribution in [0.3, 0.4) is 0 Å². The van der Waals surface area contributed by atoms with Crippen LogP contribution in [-0.4, -0.2) is 6.29 Å². The second-order valence-electron chi connectivity index (χ2n) is 3.05. The smallest absolute Gasteiger partial charge is 0.153 e. The van der Waals surface area contributed by atoms with Crippen LogP contribution < -0.4 is 0 Å². The van der Waals surface area contributed by atoms with E-state index in [2.05, 4.69) is 6.92 Å². The molecule has 0 radical (unpaired) electrons. The summed E-state index contributed by atoms with van der Waals surface area (Å²) in [7, 11) is 0. The van der Waals surface area contributed by atoms with E-state index in [0.29, 0.717) is 9.90 Å². The van der Waals surface area contributed by atoms with Gasteiger partial charge in [0.05, 0.1) is 5.56 Å². The lowest BCUT2D eigenvalue weighted by Gasteiger charge is -1.99. The van der Waals surface area contributed by atoms with Crippen molar-refractivity contribution >= 4 is 39.3 Å². The lowest BCUT2D eigenvalue weighted by Crippen LogP contribution is -1.84. The van der Waals surface area contributed by atoms with Crippen LogP contribution in [0.1, 0.15) is 22.8 Å². The first kappa shape index (κ1) is 9.69. The summed E-state index contributed by atoms with van der Waals surface area (Å²) in [6, 6.07) is 6.04. The van der Waals surface area contributed by atoms with Gasteiger partial charge in [-0.05, 0) is 18.1 Å². The van der Waals surface area contributed by atoms with Crippen molar-refractivity contribution in [1.82, 2.24) is 0 Å². The third-order valence-corrected chi connectivity index (χ3v) is 3.69. The molecule has 0 aliphatic rings. The van der Waals surface area contributed by atoms with Gasteiger partial charge in [-0.15, -0.1) is 11.3 Å². The van der Waals surface area contributed by atoms with E-state index >= 15 is 0 Å². The van der Waals surface area contributed by atoms with Crippen LogP contribution in [0.25, 0.3) is 10.1 Å². The van der Waals surface area contributed by atoms with Gasteiger partial charge in [-0.2, -0.15) is 0 Å². The molecule has 3 heteroatoms. The van der Waals surface area contributed by atoms with Crippen molar-refractivity contribution in [2.24, 2.45) is 0 Å². The first-order valence-corrected chi connectivity index (χ1v) is 5.62. The topological polar surface area (TPSA) is 17.1 Å². The summed E-state index contributed by atoms with van der Waals surface area (Å²) in [6.07, 6.45) is 1.77. The molecule has 0 atom stereocenters. The Balaban J connectivity index is 2.89. The molecule has 72 valence electrons. The SMILES string of the molecule is CCc1cccc2sc(Cl)c(C=O)c12. The summed E-state index contributed by atoms with van der Waals surface area (Å²) in [5.74, 6) is 0. The molecule has 0 aliphatic carbocycles. The fourth-order valence-electron chi connectivity index (χ4n) is 1.62. The Morgan fingerprint density at radius 2 is 2.29 bits per heavy atom. The molecule has 1 heterocycles. The van der Waals surface area contributed by atoms with Gasteiger partial charge in [-0.25, -0.2) is 0 Å². The summed E-state index contributed by atoms with van der Waals surface area (Å²) in [5, 5.41) is 1.03. The number of thiophene rings is 1. The molecule has 2 aromatic rings. The van der Waals surface area contributed by atoms with E-state index in [9.17, 15) is 4.79 Å². The molecule has 0 aliphatic heterocycles. The zero-order valence-corrected chi connectivity index (χ0v) is 9.28. The molecule has 0 N–H and O–H groups in total. The van der Waals surface area contributed by atoms with E-state index in [1.807, 2.05) is 18.2 Å². The Morgan fingerprint density at radius 1 is 1.50 bits per heavy atom. The Bertz CT molecular complexity index is 487. The fraction of sp³-hybridized carbons (Fsp3) is 0.182. The monoisotopic (exact) mass is 224 g/mol. The molecule has 2 rings (SSSR count). The van der Waals surface area contributed by atoms with E-state index in [1.54, 1.807) is 0 Å². The summed E-state index contributed by atoms with van der Waals surface area (Å²) in [5.41, 5.74) is 1.83. The zero-order valence-electron chi connectivity index (χ0n) is 7.71. The molecule has 0 saturated heterocycles. The number of hydrogen-bond acceptors (Lipinski definition) is 2. The van der Waals surface area contributed by atoms with Gasteiger partial charge in [0.1, 0.15) is 4.34 Å². The first-order valence-electron chi connectivity index (χ1n) is 4.43. The summed E-state index contributed by atoms with van der Waals surface area (Å²) in [4.78, 5) is 10.9. The van der Waals surface area contributed by atoms with Gasteiger partial charge in [-0.3, -0.25) is 4.79 Å². The Labute approximate surface area is 91.3 Å². The van der Waals surface area contributed by atoms with Crippen LogP contribution in [0, 0.1) is 0 Å². The van der Waals surface area contributed by atoms with Crippen molar-refractivity contribution in [1.29, 1.82) is 0 Å². The number of halogens is 1. The van der Waals surface area contributed by atoms with E-state index in [1.165, 1.54) is 16.9 Å². The molecule has 1 nitrogen and oxygen atoms in total. The number of aldehydes is 1. The normalized spacial score (nSPS) is 10.7. The molecule has 14 heavy (non-hydrogen) atoms. The molecule has 0 unspecified atom stereocenters. The Hall–Kier alpha value is -0.860. The van der Waals surface area contributed by atoms with Gasteiger partial charge in [0, 0.05) is 10.1 Å². The van der Waals surface area contributed by atoms with Crippen molar-refractivity contribution < 1.29 is 4.79 Å². The van der Waals surface area contributed by atoms with Gasteiger partial charge in [0.15, 0.2) is 6.29 Å². The molecular formula is C11H9ClOS. The van der Waals surface area contributed by atoms with Crippen LogP contribution in [0.2, 0.25) is 4.34 Å². The van der Waals surface area contributed by atoms with Gasteiger partial charge < -0.3 is 0 Å². The fourth-order valence-corrected chi connectivity index (χ4v) is 2.95. The molecule has 1 aromatic carbocycles. The van der Waals surface area contributed by atoms with Crippen molar-refractivity contribution in [3.8, 4) is 0 Å². The van der Waals surface area contributed by atoms with E-state index < -0.39 is 0 Å². The van der Waals surface area contributed by atoms with E-state index in [-0.39, 0.29) is 0 Å². The van der Waals surface area contributed by atoms with Gasteiger partial charge in [0.2, 0.25) is 0 Å². The number of hydrogen-bond donors (Lipinski definition) is 0. The zero-order chi connectivity index (χ0) is 10.1.